The molecule has 2 N–H and O–H groups in total. The highest BCUT2D eigenvalue weighted by Crippen LogP contribution is 2.17. The first kappa shape index (κ1) is 14.2. The zero-order valence-electron chi connectivity index (χ0n) is 10.8. The molecule has 0 saturated heterocycles. The molecule has 1 atom stereocenters. The molecule has 0 unspecified atom stereocenters. The van der Waals surface area contributed by atoms with Crippen molar-refractivity contribution in [3.05, 3.63) is 22.4 Å². The summed E-state index contributed by atoms with van der Waals surface area (Å²) in [5.41, 5.74) is 0. The number of rotatable bonds is 7. The molecule has 0 aliphatic rings. The van der Waals surface area contributed by atoms with E-state index in [9.17, 15) is 4.79 Å². The summed E-state index contributed by atoms with van der Waals surface area (Å²) in [5.74, 6) is 0.711. The van der Waals surface area contributed by atoms with E-state index in [1.807, 2.05) is 6.07 Å². The van der Waals surface area contributed by atoms with Gasteiger partial charge >= 0.3 is 0 Å². The lowest BCUT2D eigenvalue weighted by atomic mass is 10.1. The lowest BCUT2D eigenvalue weighted by molar-refractivity contribution is -0.120. The van der Waals surface area contributed by atoms with E-state index in [-0.39, 0.29) is 11.9 Å². The van der Waals surface area contributed by atoms with Gasteiger partial charge < -0.3 is 10.6 Å². The fourth-order valence-corrected chi connectivity index (χ4v) is 2.21. The minimum absolute atomic E-state index is 0.0778. The molecule has 0 aliphatic carbocycles. The molecular weight excluding hydrogens is 232 g/mol. The van der Waals surface area contributed by atoms with E-state index >= 15 is 0 Å². The minimum atomic E-state index is 0.0778. The van der Waals surface area contributed by atoms with Crippen LogP contribution in [0.5, 0.6) is 0 Å². The molecule has 4 heteroatoms. The fourth-order valence-electron chi connectivity index (χ4n) is 1.45. The third kappa shape index (κ3) is 5.84. The summed E-state index contributed by atoms with van der Waals surface area (Å²) < 4.78 is 0. The van der Waals surface area contributed by atoms with E-state index in [2.05, 4.69) is 42.9 Å². The highest BCUT2D eigenvalue weighted by Gasteiger charge is 2.07. The van der Waals surface area contributed by atoms with Crippen LogP contribution in [0, 0.1) is 5.92 Å². The second-order valence-corrected chi connectivity index (χ2v) is 5.63. The topological polar surface area (TPSA) is 41.1 Å². The van der Waals surface area contributed by atoms with E-state index in [4.69, 9.17) is 0 Å². The Hall–Kier alpha value is -0.870. The van der Waals surface area contributed by atoms with Crippen molar-refractivity contribution in [1.82, 2.24) is 10.6 Å². The van der Waals surface area contributed by atoms with Crippen molar-refractivity contribution < 1.29 is 4.79 Å². The molecule has 1 heterocycles. The van der Waals surface area contributed by atoms with Gasteiger partial charge in [0.05, 0.1) is 6.54 Å². The quantitative estimate of drug-likeness (QED) is 0.785. The fraction of sp³-hybridized carbons (Fsp3) is 0.615. The molecule has 1 aromatic heterocycles. The van der Waals surface area contributed by atoms with Gasteiger partial charge in [-0.25, -0.2) is 0 Å². The Morgan fingerprint density at radius 2 is 2.18 bits per heavy atom. The molecule has 0 bridgehead atoms. The molecule has 1 rings (SSSR count). The lowest BCUT2D eigenvalue weighted by Gasteiger charge is -2.12. The van der Waals surface area contributed by atoms with Gasteiger partial charge in [0.2, 0.25) is 5.91 Å². The smallest absolute Gasteiger partial charge is 0.233 e. The molecule has 0 spiro atoms. The molecule has 1 amide bonds. The normalized spacial score (nSPS) is 12.7. The van der Waals surface area contributed by atoms with Crippen LogP contribution in [0.25, 0.3) is 0 Å². The maximum absolute atomic E-state index is 11.5. The van der Waals surface area contributed by atoms with Crippen LogP contribution in [-0.4, -0.2) is 19.0 Å². The Bertz CT molecular complexity index is 322. The molecule has 17 heavy (non-hydrogen) atoms. The van der Waals surface area contributed by atoms with Crippen molar-refractivity contribution in [2.45, 2.75) is 33.2 Å². The molecule has 1 aromatic rings. The molecule has 0 aromatic carbocycles. The Kier molecular flexibility index (Phi) is 6.22. The number of hydrogen-bond acceptors (Lipinski definition) is 3. The molecule has 0 radical (unpaired) electrons. The average molecular weight is 254 g/mol. The Morgan fingerprint density at radius 3 is 2.76 bits per heavy atom. The number of amides is 1. The Labute approximate surface area is 108 Å². The summed E-state index contributed by atoms with van der Waals surface area (Å²) in [7, 11) is 0. The van der Waals surface area contributed by atoms with Crippen molar-refractivity contribution in [2.24, 2.45) is 5.92 Å². The third-order valence-electron chi connectivity index (χ3n) is 2.58. The van der Waals surface area contributed by atoms with Gasteiger partial charge in [0.15, 0.2) is 0 Å². The van der Waals surface area contributed by atoms with Crippen molar-refractivity contribution in [2.75, 3.05) is 13.1 Å². The highest BCUT2D eigenvalue weighted by molar-refractivity contribution is 7.10. The van der Waals surface area contributed by atoms with E-state index in [1.54, 1.807) is 11.3 Å². The first-order chi connectivity index (χ1) is 8.09. The molecule has 0 saturated carbocycles. The monoisotopic (exact) mass is 254 g/mol. The van der Waals surface area contributed by atoms with Gasteiger partial charge in [0.1, 0.15) is 0 Å². The van der Waals surface area contributed by atoms with E-state index in [0.717, 1.165) is 13.0 Å². The van der Waals surface area contributed by atoms with E-state index in [1.165, 1.54) is 4.88 Å². The van der Waals surface area contributed by atoms with Gasteiger partial charge in [0.25, 0.3) is 0 Å². The summed E-state index contributed by atoms with van der Waals surface area (Å²) in [5, 5.41) is 8.19. The SMILES string of the molecule is CC(C)CCNC(=O)CN[C@@H](C)c1cccs1. The van der Waals surface area contributed by atoms with Crippen molar-refractivity contribution in [3.8, 4) is 0 Å². The third-order valence-corrected chi connectivity index (χ3v) is 3.64. The van der Waals surface area contributed by atoms with Crippen LogP contribution in [0.3, 0.4) is 0 Å². The molecular formula is C13H22N2OS. The largest absolute Gasteiger partial charge is 0.355 e. The summed E-state index contributed by atoms with van der Waals surface area (Å²) in [6.45, 7) is 7.54. The van der Waals surface area contributed by atoms with Crippen molar-refractivity contribution in [1.29, 1.82) is 0 Å². The van der Waals surface area contributed by atoms with Gasteiger partial charge in [-0.2, -0.15) is 0 Å². The van der Waals surface area contributed by atoms with Crippen LogP contribution in [-0.2, 0) is 4.79 Å². The summed E-state index contributed by atoms with van der Waals surface area (Å²) in [4.78, 5) is 12.8. The maximum Gasteiger partial charge on any atom is 0.233 e. The zero-order chi connectivity index (χ0) is 12.7. The van der Waals surface area contributed by atoms with Crippen LogP contribution in [0.2, 0.25) is 0 Å². The summed E-state index contributed by atoms with van der Waals surface area (Å²) in [6, 6.07) is 4.35. The maximum atomic E-state index is 11.5. The van der Waals surface area contributed by atoms with Gasteiger partial charge in [-0.3, -0.25) is 4.79 Å². The van der Waals surface area contributed by atoms with Crippen molar-refractivity contribution in [3.63, 3.8) is 0 Å². The number of carbonyl (C=O) groups is 1. The second-order valence-electron chi connectivity index (χ2n) is 4.65. The van der Waals surface area contributed by atoms with Gasteiger partial charge in [-0.1, -0.05) is 19.9 Å². The number of carbonyl (C=O) groups excluding carboxylic acids is 1. The Morgan fingerprint density at radius 1 is 1.41 bits per heavy atom. The van der Waals surface area contributed by atoms with E-state index in [0.29, 0.717) is 12.5 Å². The number of nitrogens with one attached hydrogen (secondary N) is 2. The van der Waals surface area contributed by atoms with Gasteiger partial charge in [0, 0.05) is 17.5 Å². The van der Waals surface area contributed by atoms with Gasteiger partial charge in [-0.05, 0) is 30.7 Å². The zero-order valence-corrected chi connectivity index (χ0v) is 11.6. The lowest BCUT2D eigenvalue weighted by Crippen LogP contribution is -2.35. The first-order valence-corrected chi connectivity index (χ1v) is 7.01. The molecule has 96 valence electrons. The molecule has 3 nitrogen and oxygen atoms in total. The number of hydrogen-bond donors (Lipinski definition) is 2. The Balaban J connectivity index is 2.15. The van der Waals surface area contributed by atoms with Gasteiger partial charge in [-0.15, -0.1) is 11.3 Å². The van der Waals surface area contributed by atoms with Crippen LogP contribution < -0.4 is 10.6 Å². The standard InChI is InChI=1S/C13H22N2OS/c1-10(2)6-7-14-13(16)9-15-11(3)12-5-4-8-17-12/h4-5,8,10-11,15H,6-7,9H2,1-3H3,(H,14,16)/t11-/m0/s1. The predicted octanol–water partition coefficient (Wildman–Crippen LogP) is 2.56. The molecule has 0 fully saturated rings. The van der Waals surface area contributed by atoms with Crippen molar-refractivity contribution >= 4 is 17.2 Å². The number of thiophene rings is 1. The summed E-state index contributed by atoms with van der Waals surface area (Å²) in [6.07, 6.45) is 1.03. The average Bonchev–Trinajstić information content (AvgIpc) is 2.78. The van der Waals surface area contributed by atoms with Crippen LogP contribution in [0.4, 0.5) is 0 Å². The van der Waals surface area contributed by atoms with E-state index < -0.39 is 0 Å². The molecule has 0 aliphatic heterocycles. The highest BCUT2D eigenvalue weighted by atomic mass is 32.1. The minimum Gasteiger partial charge on any atom is -0.355 e. The second kappa shape index (κ2) is 7.45. The van der Waals surface area contributed by atoms with Crippen LogP contribution >= 0.6 is 11.3 Å². The first-order valence-electron chi connectivity index (χ1n) is 6.13. The predicted molar refractivity (Wildman–Crippen MR) is 73.2 cm³/mol. The van der Waals surface area contributed by atoms with Crippen LogP contribution in [0.1, 0.15) is 38.1 Å². The summed E-state index contributed by atoms with van der Waals surface area (Å²) >= 11 is 1.71. The van der Waals surface area contributed by atoms with Crippen LogP contribution in [0.15, 0.2) is 17.5 Å².